The van der Waals surface area contributed by atoms with Gasteiger partial charge in [-0.05, 0) is 33.1 Å². The van der Waals surface area contributed by atoms with Gasteiger partial charge in [0.2, 0.25) is 0 Å². The van der Waals surface area contributed by atoms with E-state index in [0.29, 0.717) is 19.2 Å². The first kappa shape index (κ1) is 16.2. The lowest BCUT2D eigenvalue weighted by Gasteiger charge is -2.33. The molecule has 0 radical (unpaired) electrons. The SMILES string of the molecule is CCCC(C)(O)CNC1CCN(C(=O)OCC)CC1. The van der Waals surface area contributed by atoms with Crippen LogP contribution in [0.15, 0.2) is 0 Å². The molecule has 1 saturated heterocycles. The van der Waals surface area contributed by atoms with Gasteiger partial charge in [0.25, 0.3) is 0 Å². The van der Waals surface area contributed by atoms with Crippen molar-refractivity contribution < 1.29 is 14.6 Å². The van der Waals surface area contributed by atoms with E-state index >= 15 is 0 Å². The summed E-state index contributed by atoms with van der Waals surface area (Å²) in [6.45, 7) is 8.27. The van der Waals surface area contributed by atoms with E-state index in [-0.39, 0.29) is 6.09 Å². The van der Waals surface area contributed by atoms with Crippen molar-refractivity contribution in [1.82, 2.24) is 10.2 Å². The van der Waals surface area contributed by atoms with Crippen LogP contribution in [0.1, 0.15) is 46.5 Å². The smallest absolute Gasteiger partial charge is 0.409 e. The van der Waals surface area contributed by atoms with Crippen LogP contribution < -0.4 is 5.32 Å². The highest BCUT2D eigenvalue weighted by atomic mass is 16.6. The Morgan fingerprint density at radius 2 is 2.05 bits per heavy atom. The number of nitrogens with zero attached hydrogens (tertiary/aromatic N) is 1. The van der Waals surface area contributed by atoms with Crippen LogP contribution in [0, 0.1) is 0 Å². The van der Waals surface area contributed by atoms with Crippen LogP contribution in [0.3, 0.4) is 0 Å². The molecule has 0 saturated carbocycles. The molecule has 5 heteroatoms. The van der Waals surface area contributed by atoms with Gasteiger partial charge in [-0.3, -0.25) is 0 Å². The van der Waals surface area contributed by atoms with Crippen LogP contribution in [0.4, 0.5) is 4.79 Å². The normalized spacial score (nSPS) is 20.1. The molecule has 1 atom stereocenters. The molecule has 0 spiro atoms. The third-order valence-electron chi connectivity index (χ3n) is 3.58. The van der Waals surface area contributed by atoms with Gasteiger partial charge in [-0.25, -0.2) is 4.79 Å². The lowest BCUT2D eigenvalue weighted by molar-refractivity contribution is 0.0429. The number of rotatable bonds is 6. The highest BCUT2D eigenvalue weighted by Gasteiger charge is 2.25. The number of aliphatic hydroxyl groups is 1. The summed E-state index contributed by atoms with van der Waals surface area (Å²) in [5.74, 6) is 0. The van der Waals surface area contributed by atoms with Gasteiger partial charge in [-0.1, -0.05) is 13.3 Å². The van der Waals surface area contributed by atoms with E-state index in [0.717, 1.165) is 38.8 Å². The summed E-state index contributed by atoms with van der Waals surface area (Å²) in [5.41, 5.74) is -0.632. The summed E-state index contributed by atoms with van der Waals surface area (Å²) in [7, 11) is 0. The van der Waals surface area contributed by atoms with Gasteiger partial charge in [-0.2, -0.15) is 0 Å². The lowest BCUT2D eigenvalue weighted by Crippen LogP contribution is -2.48. The maximum atomic E-state index is 11.6. The maximum Gasteiger partial charge on any atom is 0.409 e. The molecule has 1 rings (SSSR count). The minimum absolute atomic E-state index is 0.209. The first-order valence-corrected chi connectivity index (χ1v) is 7.36. The Labute approximate surface area is 116 Å². The molecular weight excluding hydrogens is 244 g/mol. The van der Waals surface area contributed by atoms with Crippen molar-refractivity contribution in [2.75, 3.05) is 26.2 Å². The van der Waals surface area contributed by atoms with E-state index in [1.54, 1.807) is 4.90 Å². The quantitative estimate of drug-likeness (QED) is 0.773. The van der Waals surface area contributed by atoms with Crippen LogP contribution in [0.25, 0.3) is 0 Å². The van der Waals surface area contributed by atoms with Crippen molar-refractivity contribution in [2.45, 2.75) is 58.1 Å². The number of carbonyl (C=O) groups excluding carboxylic acids is 1. The van der Waals surface area contributed by atoms with Crippen molar-refractivity contribution in [3.05, 3.63) is 0 Å². The van der Waals surface area contributed by atoms with Gasteiger partial charge >= 0.3 is 6.09 Å². The molecule has 0 bridgehead atoms. The Balaban J connectivity index is 2.25. The lowest BCUT2D eigenvalue weighted by atomic mass is 9.98. The zero-order valence-electron chi connectivity index (χ0n) is 12.4. The number of carbonyl (C=O) groups is 1. The average Bonchev–Trinajstić information content (AvgIpc) is 2.37. The maximum absolute atomic E-state index is 11.6. The second kappa shape index (κ2) is 7.70. The summed E-state index contributed by atoms with van der Waals surface area (Å²) in [6, 6.07) is 0.383. The summed E-state index contributed by atoms with van der Waals surface area (Å²) >= 11 is 0. The fourth-order valence-electron chi connectivity index (χ4n) is 2.47. The molecule has 2 N–H and O–H groups in total. The number of hydrogen-bond donors (Lipinski definition) is 2. The number of ether oxygens (including phenoxy) is 1. The van der Waals surface area contributed by atoms with E-state index in [9.17, 15) is 9.90 Å². The van der Waals surface area contributed by atoms with Crippen molar-refractivity contribution >= 4 is 6.09 Å². The molecule has 19 heavy (non-hydrogen) atoms. The van der Waals surface area contributed by atoms with Gasteiger partial charge in [0.1, 0.15) is 0 Å². The predicted octanol–water partition coefficient (Wildman–Crippen LogP) is 1.75. The van der Waals surface area contributed by atoms with Crippen LogP contribution >= 0.6 is 0 Å². The number of hydrogen-bond acceptors (Lipinski definition) is 4. The third-order valence-corrected chi connectivity index (χ3v) is 3.58. The van der Waals surface area contributed by atoms with Gasteiger partial charge in [-0.15, -0.1) is 0 Å². The Morgan fingerprint density at radius 3 is 2.58 bits per heavy atom. The van der Waals surface area contributed by atoms with E-state index in [1.165, 1.54) is 0 Å². The molecule has 0 aromatic carbocycles. The summed E-state index contributed by atoms with van der Waals surface area (Å²) < 4.78 is 4.99. The second-order valence-corrected chi connectivity index (χ2v) is 5.59. The van der Waals surface area contributed by atoms with Crippen molar-refractivity contribution in [1.29, 1.82) is 0 Å². The number of likely N-dealkylation sites (tertiary alicyclic amines) is 1. The zero-order valence-corrected chi connectivity index (χ0v) is 12.4. The molecule has 1 unspecified atom stereocenters. The van der Waals surface area contributed by atoms with Crippen LogP contribution in [0.2, 0.25) is 0 Å². The molecule has 0 aromatic rings. The van der Waals surface area contributed by atoms with Crippen molar-refractivity contribution in [3.8, 4) is 0 Å². The molecule has 1 heterocycles. The van der Waals surface area contributed by atoms with Crippen molar-refractivity contribution in [2.24, 2.45) is 0 Å². The molecule has 1 fully saturated rings. The highest BCUT2D eigenvalue weighted by molar-refractivity contribution is 5.67. The first-order chi connectivity index (χ1) is 8.98. The monoisotopic (exact) mass is 272 g/mol. The number of piperidine rings is 1. The Bertz CT molecular complexity index is 274. The van der Waals surface area contributed by atoms with Gasteiger partial charge in [0.05, 0.1) is 12.2 Å². The van der Waals surface area contributed by atoms with Gasteiger partial charge < -0.3 is 20.1 Å². The van der Waals surface area contributed by atoms with E-state index < -0.39 is 5.60 Å². The Hall–Kier alpha value is -0.810. The fourth-order valence-corrected chi connectivity index (χ4v) is 2.47. The fraction of sp³-hybridized carbons (Fsp3) is 0.929. The van der Waals surface area contributed by atoms with E-state index in [1.807, 2.05) is 13.8 Å². The average molecular weight is 272 g/mol. The van der Waals surface area contributed by atoms with Crippen molar-refractivity contribution in [3.63, 3.8) is 0 Å². The van der Waals surface area contributed by atoms with Crippen LogP contribution in [-0.4, -0.2) is 54.0 Å². The Morgan fingerprint density at radius 1 is 1.42 bits per heavy atom. The van der Waals surface area contributed by atoms with E-state index in [4.69, 9.17) is 4.74 Å². The molecule has 112 valence electrons. The number of amides is 1. The zero-order chi connectivity index (χ0) is 14.3. The first-order valence-electron chi connectivity index (χ1n) is 7.36. The minimum atomic E-state index is -0.632. The van der Waals surface area contributed by atoms with Gasteiger partial charge in [0.15, 0.2) is 0 Å². The molecular formula is C14H28N2O3. The molecule has 5 nitrogen and oxygen atoms in total. The minimum Gasteiger partial charge on any atom is -0.450 e. The third kappa shape index (κ3) is 5.78. The molecule has 1 aliphatic rings. The standard InChI is InChI=1S/C14H28N2O3/c1-4-8-14(3,18)11-15-12-6-9-16(10-7-12)13(17)19-5-2/h12,15,18H,4-11H2,1-3H3. The second-order valence-electron chi connectivity index (χ2n) is 5.59. The van der Waals surface area contributed by atoms with Crippen LogP contribution in [-0.2, 0) is 4.74 Å². The van der Waals surface area contributed by atoms with Crippen LogP contribution in [0.5, 0.6) is 0 Å². The summed E-state index contributed by atoms with van der Waals surface area (Å²) in [5, 5.41) is 13.5. The topological polar surface area (TPSA) is 61.8 Å². The predicted molar refractivity (Wildman–Crippen MR) is 75.2 cm³/mol. The number of nitrogens with one attached hydrogen (secondary N) is 1. The molecule has 0 aromatic heterocycles. The summed E-state index contributed by atoms with van der Waals surface area (Å²) in [6.07, 6.45) is 3.42. The highest BCUT2D eigenvalue weighted by Crippen LogP contribution is 2.14. The van der Waals surface area contributed by atoms with Gasteiger partial charge in [0, 0.05) is 25.7 Å². The Kier molecular flexibility index (Phi) is 6.58. The summed E-state index contributed by atoms with van der Waals surface area (Å²) in [4.78, 5) is 13.3. The molecule has 1 amide bonds. The molecule has 0 aliphatic carbocycles. The largest absolute Gasteiger partial charge is 0.450 e. The molecule has 1 aliphatic heterocycles. The van der Waals surface area contributed by atoms with E-state index in [2.05, 4.69) is 12.2 Å².